The third kappa shape index (κ3) is 3.89. The normalized spacial score (nSPS) is 10.5. The lowest BCUT2D eigenvalue weighted by Crippen LogP contribution is -2.25. The lowest BCUT2D eigenvalue weighted by Gasteiger charge is -2.07. The van der Waals surface area contributed by atoms with Crippen LogP contribution in [0, 0.1) is 0 Å². The average molecular weight is 359 g/mol. The SMILES string of the molecule is Cn1cc(NC(=O)c2ccccc2Cl)c(C(=O)NCc2ccco2)n1. The molecule has 0 spiro atoms. The Kier molecular flexibility index (Phi) is 4.85. The van der Waals surface area contributed by atoms with Crippen molar-refractivity contribution in [2.24, 2.45) is 7.05 Å². The van der Waals surface area contributed by atoms with Gasteiger partial charge in [0.15, 0.2) is 5.69 Å². The van der Waals surface area contributed by atoms with E-state index in [-0.39, 0.29) is 12.2 Å². The highest BCUT2D eigenvalue weighted by Gasteiger charge is 2.19. The Hall–Kier alpha value is -3.06. The van der Waals surface area contributed by atoms with E-state index in [4.69, 9.17) is 16.0 Å². The van der Waals surface area contributed by atoms with Crippen molar-refractivity contribution in [1.82, 2.24) is 15.1 Å². The summed E-state index contributed by atoms with van der Waals surface area (Å²) in [5.41, 5.74) is 0.716. The van der Waals surface area contributed by atoms with Gasteiger partial charge in [-0.1, -0.05) is 23.7 Å². The first-order chi connectivity index (χ1) is 12.0. The van der Waals surface area contributed by atoms with Gasteiger partial charge in [0.25, 0.3) is 11.8 Å². The van der Waals surface area contributed by atoms with Crippen LogP contribution in [0.15, 0.2) is 53.3 Å². The number of benzene rings is 1. The number of hydrogen-bond donors (Lipinski definition) is 2. The van der Waals surface area contributed by atoms with Gasteiger partial charge in [-0.3, -0.25) is 14.3 Å². The first-order valence-electron chi connectivity index (χ1n) is 7.44. The summed E-state index contributed by atoms with van der Waals surface area (Å²) in [6, 6.07) is 10.1. The molecule has 25 heavy (non-hydrogen) atoms. The van der Waals surface area contributed by atoms with Crippen LogP contribution in [0.1, 0.15) is 26.6 Å². The molecule has 1 aromatic carbocycles. The Morgan fingerprint density at radius 2 is 2.00 bits per heavy atom. The van der Waals surface area contributed by atoms with Gasteiger partial charge in [-0.2, -0.15) is 5.10 Å². The Bertz CT molecular complexity index is 903. The van der Waals surface area contributed by atoms with Crippen LogP contribution in [0.5, 0.6) is 0 Å². The molecule has 0 atom stereocenters. The molecule has 0 radical (unpaired) electrons. The Morgan fingerprint density at radius 1 is 1.20 bits per heavy atom. The minimum atomic E-state index is -0.425. The number of carbonyl (C=O) groups is 2. The lowest BCUT2D eigenvalue weighted by molar-refractivity contribution is 0.0943. The van der Waals surface area contributed by atoms with Crippen LogP contribution in [0.2, 0.25) is 5.02 Å². The highest BCUT2D eigenvalue weighted by molar-refractivity contribution is 6.34. The number of halogens is 1. The number of anilines is 1. The maximum absolute atomic E-state index is 12.4. The van der Waals surface area contributed by atoms with Crippen molar-refractivity contribution in [3.63, 3.8) is 0 Å². The Balaban J connectivity index is 1.75. The quantitative estimate of drug-likeness (QED) is 0.734. The summed E-state index contributed by atoms with van der Waals surface area (Å²) < 4.78 is 6.61. The summed E-state index contributed by atoms with van der Waals surface area (Å²) in [4.78, 5) is 24.7. The van der Waals surface area contributed by atoms with Gasteiger partial charge in [0.05, 0.1) is 29.1 Å². The van der Waals surface area contributed by atoms with Crippen molar-refractivity contribution in [2.45, 2.75) is 6.54 Å². The fraction of sp³-hybridized carbons (Fsp3) is 0.118. The molecule has 2 aromatic heterocycles. The van der Waals surface area contributed by atoms with Crippen molar-refractivity contribution in [2.75, 3.05) is 5.32 Å². The van der Waals surface area contributed by atoms with Gasteiger partial charge in [-0.25, -0.2) is 0 Å². The molecule has 8 heteroatoms. The number of aromatic nitrogens is 2. The number of furan rings is 1. The maximum Gasteiger partial charge on any atom is 0.274 e. The monoisotopic (exact) mass is 358 g/mol. The second-order valence-corrected chi connectivity index (χ2v) is 5.67. The zero-order valence-corrected chi connectivity index (χ0v) is 14.1. The van der Waals surface area contributed by atoms with Gasteiger partial charge in [0.1, 0.15) is 5.76 Å². The smallest absolute Gasteiger partial charge is 0.274 e. The number of aryl methyl sites for hydroxylation is 1. The van der Waals surface area contributed by atoms with Crippen molar-refractivity contribution < 1.29 is 14.0 Å². The van der Waals surface area contributed by atoms with Gasteiger partial charge in [0, 0.05) is 13.2 Å². The molecule has 0 saturated heterocycles. The van der Waals surface area contributed by atoms with E-state index in [2.05, 4.69) is 15.7 Å². The van der Waals surface area contributed by atoms with E-state index in [9.17, 15) is 9.59 Å². The van der Waals surface area contributed by atoms with E-state index in [0.29, 0.717) is 22.0 Å². The Morgan fingerprint density at radius 3 is 2.72 bits per heavy atom. The van der Waals surface area contributed by atoms with Crippen molar-refractivity contribution >= 4 is 29.1 Å². The molecule has 3 aromatic rings. The molecule has 0 aliphatic rings. The second-order valence-electron chi connectivity index (χ2n) is 5.26. The number of rotatable bonds is 5. The zero-order valence-electron chi connectivity index (χ0n) is 13.3. The van der Waals surface area contributed by atoms with Gasteiger partial charge >= 0.3 is 0 Å². The summed E-state index contributed by atoms with van der Waals surface area (Å²) in [5, 5.41) is 9.80. The fourth-order valence-corrected chi connectivity index (χ4v) is 2.47. The summed E-state index contributed by atoms with van der Waals surface area (Å²) in [5.74, 6) is -0.226. The third-order valence-corrected chi connectivity index (χ3v) is 3.74. The fourth-order valence-electron chi connectivity index (χ4n) is 2.25. The molecule has 2 N–H and O–H groups in total. The van der Waals surface area contributed by atoms with Crippen LogP contribution < -0.4 is 10.6 Å². The van der Waals surface area contributed by atoms with Gasteiger partial charge in [-0.05, 0) is 24.3 Å². The van der Waals surface area contributed by atoms with E-state index in [1.165, 1.54) is 10.9 Å². The van der Waals surface area contributed by atoms with Crippen LogP contribution in [-0.2, 0) is 13.6 Å². The summed E-state index contributed by atoms with van der Waals surface area (Å²) in [6.45, 7) is 0.223. The number of amides is 2. The average Bonchev–Trinajstić information content (AvgIpc) is 3.22. The molecule has 2 heterocycles. The van der Waals surface area contributed by atoms with E-state index in [0.717, 1.165) is 0 Å². The Labute approximate surface area is 148 Å². The predicted molar refractivity (Wildman–Crippen MR) is 92.5 cm³/mol. The minimum absolute atomic E-state index is 0.106. The van der Waals surface area contributed by atoms with Crippen LogP contribution >= 0.6 is 11.6 Å². The van der Waals surface area contributed by atoms with Gasteiger partial charge in [-0.15, -0.1) is 0 Å². The first-order valence-corrected chi connectivity index (χ1v) is 7.82. The molecule has 3 rings (SSSR count). The van der Waals surface area contributed by atoms with E-state index in [1.807, 2.05) is 0 Å². The third-order valence-electron chi connectivity index (χ3n) is 3.41. The molecule has 0 aliphatic carbocycles. The zero-order chi connectivity index (χ0) is 17.8. The van der Waals surface area contributed by atoms with Crippen LogP contribution in [0.3, 0.4) is 0 Å². The predicted octanol–water partition coefficient (Wildman–Crippen LogP) is 2.85. The maximum atomic E-state index is 12.4. The largest absolute Gasteiger partial charge is 0.467 e. The van der Waals surface area contributed by atoms with Gasteiger partial charge in [0.2, 0.25) is 0 Å². The van der Waals surface area contributed by atoms with E-state index >= 15 is 0 Å². The van der Waals surface area contributed by atoms with Crippen LogP contribution in [-0.4, -0.2) is 21.6 Å². The highest BCUT2D eigenvalue weighted by atomic mass is 35.5. The van der Waals surface area contributed by atoms with Crippen molar-refractivity contribution in [3.8, 4) is 0 Å². The van der Waals surface area contributed by atoms with Crippen molar-refractivity contribution in [1.29, 1.82) is 0 Å². The highest BCUT2D eigenvalue weighted by Crippen LogP contribution is 2.19. The summed E-state index contributed by atoms with van der Waals surface area (Å²) in [7, 11) is 1.66. The molecule has 0 bridgehead atoms. The number of hydrogen-bond acceptors (Lipinski definition) is 4. The number of nitrogens with one attached hydrogen (secondary N) is 2. The lowest BCUT2D eigenvalue weighted by atomic mass is 10.2. The van der Waals surface area contributed by atoms with Gasteiger partial charge < -0.3 is 15.1 Å². The van der Waals surface area contributed by atoms with E-state index in [1.54, 1.807) is 49.6 Å². The molecule has 7 nitrogen and oxygen atoms in total. The summed E-state index contributed by atoms with van der Waals surface area (Å²) in [6.07, 6.45) is 3.08. The molecule has 0 unspecified atom stereocenters. The standard InChI is InChI=1S/C17H15ClN4O3/c1-22-10-14(20-16(23)12-6-2-3-7-13(12)18)15(21-22)17(24)19-9-11-5-4-8-25-11/h2-8,10H,9H2,1H3,(H,19,24)(H,20,23). The first kappa shape index (κ1) is 16.8. The van der Waals surface area contributed by atoms with Crippen LogP contribution in [0.25, 0.3) is 0 Å². The molecule has 0 fully saturated rings. The molecule has 0 aliphatic heterocycles. The molecular weight excluding hydrogens is 344 g/mol. The van der Waals surface area contributed by atoms with E-state index < -0.39 is 11.8 Å². The summed E-state index contributed by atoms with van der Waals surface area (Å²) >= 11 is 6.03. The number of nitrogens with zero attached hydrogens (tertiary/aromatic N) is 2. The van der Waals surface area contributed by atoms with Crippen molar-refractivity contribution in [3.05, 3.63) is 70.9 Å². The molecule has 0 saturated carbocycles. The second kappa shape index (κ2) is 7.23. The molecule has 128 valence electrons. The molecule has 2 amide bonds. The topological polar surface area (TPSA) is 89.2 Å². The minimum Gasteiger partial charge on any atom is -0.467 e. The number of carbonyl (C=O) groups excluding carboxylic acids is 2. The van der Waals surface area contributed by atoms with Crippen LogP contribution in [0.4, 0.5) is 5.69 Å². The molecular formula is C17H15ClN4O3.